The number of aliphatic carboxylic acids is 1. The summed E-state index contributed by atoms with van der Waals surface area (Å²) in [6.45, 7) is 2.58. The maximum atomic E-state index is 11.6. The predicted octanol–water partition coefficient (Wildman–Crippen LogP) is 0.184. The summed E-state index contributed by atoms with van der Waals surface area (Å²) in [6.07, 6.45) is 1.99. The van der Waals surface area contributed by atoms with Crippen LogP contribution in [0.5, 0.6) is 0 Å². The average molecular weight is 242 g/mol. The van der Waals surface area contributed by atoms with E-state index < -0.39 is 17.9 Å². The number of carbonyl (C=O) groups excluding carboxylic acids is 1. The molecule has 0 spiro atoms. The van der Waals surface area contributed by atoms with E-state index in [2.05, 4.69) is 17.6 Å². The molecule has 0 aromatic heterocycles. The first kappa shape index (κ1) is 12.2. The third-order valence-corrected chi connectivity index (χ3v) is 3.42. The van der Waals surface area contributed by atoms with Crippen LogP contribution in [0, 0.1) is 11.8 Å². The minimum absolute atomic E-state index is 0.167. The molecule has 2 aliphatic rings. The van der Waals surface area contributed by atoms with Gasteiger partial charge < -0.3 is 20.5 Å². The minimum Gasteiger partial charge on any atom is -0.481 e. The number of nitrogens with one attached hydrogen (secondary N) is 2. The van der Waals surface area contributed by atoms with Crippen molar-refractivity contribution in [2.24, 2.45) is 11.8 Å². The van der Waals surface area contributed by atoms with Gasteiger partial charge in [0.1, 0.15) is 5.92 Å². The van der Waals surface area contributed by atoms with Crippen LogP contribution in [0.2, 0.25) is 0 Å². The Labute approximate surface area is 99.7 Å². The van der Waals surface area contributed by atoms with Crippen LogP contribution in [0.25, 0.3) is 0 Å². The summed E-state index contributed by atoms with van der Waals surface area (Å²) in [4.78, 5) is 22.5. The molecule has 1 saturated heterocycles. The van der Waals surface area contributed by atoms with E-state index in [9.17, 15) is 9.59 Å². The molecule has 0 aromatic carbocycles. The van der Waals surface area contributed by atoms with E-state index in [4.69, 9.17) is 9.84 Å². The van der Waals surface area contributed by atoms with Crippen molar-refractivity contribution in [1.29, 1.82) is 0 Å². The predicted molar refractivity (Wildman–Crippen MR) is 59.6 cm³/mol. The molecule has 17 heavy (non-hydrogen) atoms. The van der Waals surface area contributed by atoms with Gasteiger partial charge in [0.15, 0.2) is 0 Å². The Balaban J connectivity index is 1.76. The van der Waals surface area contributed by atoms with Gasteiger partial charge in [0.2, 0.25) is 0 Å². The van der Waals surface area contributed by atoms with Crippen LogP contribution in [-0.4, -0.2) is 42.4 Å². The minimum atomic E-state index is -0.926. The van der Waals surface area contributed by atoms with Gasteiger partial charge in [0, 0.05) is 6.04 Å². The van der Waals surface area contributed by atoms with Crippen LogP contribution < -0.4 is 10.6 Å². The SMILES string of the molecule is CC1CC(NC(=O)NC2COCC2C(=O)O)C1. The second-order valence-corrected chi connectivity index (χ2v) is 4.98. The van der Waals surface area contributed by atoms with Crippen molar-refractivity contribution in [2.75, 3.05) is 13.2 Å². The molecule has 96 valence electrons. The monoisotopic (exact) mass is 242 g/mol. The smallest absolute Gasteiger partial charge is 0.315 e. The molecule has 6 heteroatoms. The van der Waals surface area contributed by atoms with Crippen molar-refractivity contribution in [3.05, 3.63) is 0 Å². The van der Waals surface area contributed by atoms with Crippen molar-refractivity contribution < 1.29 is 19.4 Å². The van der Waals surface area contributed by atoms with Crippen LogP contribution in [0.15, 0.2) is 0 Å². The third-order valence-electron chi connectivity index (χ3n) is 3.42. The van der Waals surface area contributed by atoms with Gasteiger partial charge in [-0.15, -0.1) is 0 Å². The zero-order valence-corrected chi connectivity index (χ0v) is 9.81. The molecular weight excluding hydrogens is 224 g/mol. The van der Waals surface area contributed by atoms with Gasteiger partial charge in [-0.1, -0.05) is 6.92 Å². The van der Waals surface area contributed by atoms with E-state index in [0.717, 1.165) is 12.8 Å². The molecule has 1 aliphatic carbocycles. The van der Waals surface area contributed by atoms with Crippen LogP contribution in [-0.2, 0) is 9.53 Å². The van der Waals surface area contributed by atoms with Crippen LogP contribution >= 0.6 is 0 Å². The normalized spacial score (nSPS) is 36.1. The molecular formula is C11H18N2O4. The van der Waals surface area contributed by atoms with Gasteiger partial charge >= 0.3 is 12.0 Å². The molecule has 0 radical (unpaired) electrons. The van der Waals surface area contributed by atoms with Gasteiger partial charge in [-0.3, -0.25) is 4.79 Å². The van der Waals surface area contributed by atoms with Crippen molar-refractivity contribution in [3.8, 4) is 0 Å². The highest BCUT2D eigenvalue weighted by atomic mass is 16.5. The van der Waals surface area contributed by atoms with Crippen LogP contribution in [0.1, 0.15) is 19.8 Å². The van der Waals surface area contributed by atoms with Crippen molar-refractivity contribution in [1.82, 2.24) is 10.6 Å². The molecule has 6 nitrogen and oxygen atoms in total. The summed E-state index contributed by atoms with van der Waals surface area (Å²) in [6, 6.07) is -0.482. The molecule has 2 atom stereocenters. The maximum Gasteiger partial charge on any atom is 0.315 e. The molecule has 2 fully saturated rings. The number of carbonyl (C=O) groups is 2. The summed E-state index contributed by atoms with van der Waals surface area (Å²) < 4.78 is 5.07. The van der Waals surface area contributed by atoms with Crippen molar-refractivity contribution in [2.45, 2.75) is 31.8 Å². The van der Waals surface area contributed by atoms with E-state index in [-0.39, 0.29) is 25.3 Å². The van der Waals surface area contributed by atoms with Gasteiger partial charge in [0.05, 0.1) is 19.3 Å². The first-order chi connectivity index (χ1) is 8.06. The lowest BCUT2D eigenvalue weighted by molar-refractivity contribution is -0.142. The molecule has 2 rings (SSSR count). The summed E-state index contributed by atoms with van der Waals surface area (Å²) in [5.74, 6) is -0.895. The Morgan fingerprint density at radius 1 is 1.24 bits per heavy atom. The van der Waals surface area contributed by atoms with Crippen molar-refractivity contribution in [3.63, 3.8) is 0 Å². The molecule has 1 aliphatic heterocycles. The van der Waals surface area contributed by atoms with Crippen LogP contribution in [0.3, 0.4) is 0 Å². The lowest BCUT2D eigenvalue weighted by Crippen LogP contribution is -2.52. The zero-order chi connectivity index (χ0) is 12.4. The lowest BCUT2D eigenvalue weighted by atomic mass is 9.82. The summed E-state index contributed by atoms with van der Waals surface area (Å²) in [5, 5.41) is 14.4. The number of ether oxygens (including phenoxy) is 1. The van der Waals surface area contributed by atoms with Crippen LogP contribution in [0.4, 0.5) is 4.79 Å². The van der Waals surface area contributed by atoms with Gasteiger partial charge in [-0.25, -0.2) is 4.79 Å². The first-order valence-electron chi connectivity index (χ1n) is 5.94. The largest absolute Gasteiger partial charge is 0.481 e. The number of rotatable bonds is 3. The summed E-state index contributed by atoms with van der Waals surface area (Å²) in [7, 11) is 0. The molecule has 1 saturated carbocycles. The second-order valence-electron chi connectivity index (χ2n) is 4.98. The number of hydrogen-bond acceptors (Lipinski definition) is 3. The van der Waals surface area contributed by atoms with E-state index >= 15 is 0 Å². The summed E-state index contributed by atoms with van der Waals surface area (Å²) >= 11 is 0. The molecule has 0 bridgehead atoms. The standard InChI is InChI=1S/C11H18N2O4/c1-6-2-7(3-6)12-11(16)13-9-5-17-4-8(9)10(14)15/h6-9H,2-5H2,1H3,(H,14,15)(H2,12,13,16). The van der Waals surface area contributed by atoms with Gasteiger partial charge in [-0.05, 0) is 18.8 Å². The Kier molecular flexibility index (Phi) is 3.51. The maximum absolute atomic E-state index is 11.6. The Morgan fingerprint density at radius 3 is 2.53 bits per heavy atom. The fraction of sp³-hybridized carbons (Fsp3) is 0.818. The fourth-order valence-corrected chi connectivity index (χ4v) is 2.36. The first-order valence-corrected chi connectivity index (χ1v) is 5.94. The Morgan fingerprint density at radius 2 is 1.94 bits per heavy atom. The number of carboxylic acids is 1. The number of amides is 2. The number of hydrogen-bond donors (Lipinski definition) is 3. The highest BCUT2D eigenvalue weighted by molar-refractivity contribution is 5.77. The number of urea groups is 1. The Bertz CT molecular complexity index is 315. The van der Waals surface area contributed by atoms with E-state index in [1.165, 1.54) is 0 Å². The highest BCUT2D eigenvalue weighted by Crippen LogP contribution is 2.26. The van der Waals surface area contributed by atoms with E-state index in [1.807, 2.05) is 0 Å². The topological polar surface area (TPSA) is 87.7 Å². The molecule has 2 amide bonds. The molecule has 0 aromatic rings. The highest BCUT2D eigenvalue weighted by Gasteiger charge is 2.35. The van der Waals surface area contributed by atoms with Gasteiger partial charge in [-0.2, -0.15) is 0 Å². The average Bonchev–Trinajstić information content (AvgIpc) is 2.63. The van der Waals surface area contributed by atoms with E-state index in [0.29, 0.717) is 5.92 Å². The molecule has 3 N–H and O–H groups in total. The quantitative estimate of drug-likeness (QED) is 0.659. The number of carboxylic acid groups (broad SMARTS) is 1. The van der Waals surface area contributed by atoms with Crippen molar-refractivity contribution >= 4 is 12.0 Å². The second kappa shape index (κ2) is 4.91. The van der Waals surface area contributed by atoms with E-state index in [1.54, 1.807) is 0 Å². The Hall–Kier alpha value is -1.30. The molecule has 1 heterocycles. The zero-order valence-electron chi connectivity index (χ0n) is 9.81. The third kappa shape index (κ3) is 2.88. The lowest BCUT2D eigenvalue weighted by Gasteiger charge is -2.33. The molecule has 2 unspecified atom stereocenters. The van der Waals surface area contributed by atoms with Gasteiger partial charge in [0.25, 0.3) is 0 Å². The fourth-order valence-electron chi connectivity index (χ4n) is 2.36. The summed E-state index contributed by atoms with van der Waals surface area (Å²) in [5.41, 5.74) is 0.